The number of carbonyl (C=O) groups excluding carboxylic acids is 1. The van der Waals surface area contributed by atoms with Crippen molar-refractivity contribution in [1.82, 2.24) is 14.7 Å². The van der Waals surface area contributed by atoms with Gasteiger partial charge in [0, 0.05) is 23.7 Å². The number of nitrogens with zero attached hydrogens (tertiary/aromatic N) is 2. The lowest BCUT2D eigenvalue weighted by molar-refractivity contribution is -0.121. The Morgan fingerprint density at radius 2 is 2.08 bits per heavy atom. The second-order valence-corrected chi connectivity index (χ2v) is 8.07. The molecule has 0 unspecified atom stereocenters. The molecular formula is C17H17N3O3S. The van der Waals surface area contributed by atoms with Crippen LogP contribution < -0.4 is 4.72 Å². The van der Waals surface area contributed by atoms with Crippen molar-refractivity contribution in [2.75, 3.05) is 0 Å². The van der Waals surface area contributed by atoms with Gasteiger partial charge in [-0.05, 0) is 36.8 Å². The summed E-state index contributed by atoms with van der Waals surface area (Å²) in [5.74, 6) is -0.747. The number of hydrogen-bond donors (Lipinski definition) is 1. The first-order valence-corrected chi connectivity index (χ1v) is 9.42. The van der Waals surface area contributed by atoms with E-state index < -0.39 is 15.9 Å². The predicted molar refractivity (Wildman–Crippen MR) is 86.5 cm³/mol. The first-order valence-electron chi connectivity index (χ1n) is 7.94. The molecule has 0 saturated heterocycles. The van der Waals surface area contributed by atoms with Crippen LogP contribution in [0.2, 0.25) is 0 Å². The molecule has 124 valence electrons. The Labute approximate surface area is 140 Å². The summed E-state index contributed by atoms with van der Waals surface area (Å²) in [6, 6.07) is 8.15. The molecule has 7 heteroatoms. The van der Waals surface area contributed by atoms with Crippen molar-refractivity contribution in [2.45, 2.75) is 36.1 Å². The van der Waals surface area contributed by atoms with Crippen LogP contribution in [0.25, 0.3) is 0 Å². The van der Waals surface area contributed by atoms with E-state index in [4.69, 9.17) is 0 Å². The third-order valence-electron chi connectivity index (χ3n) is 5.06. The molecule has 1 aromatic carbocycles. The molecule has 1 N–H and O–H groups in total. The van der Waals surface area contributed by atoms with Crippen LogP contribution in [-0.2, 0) is 26.7 Å². The van der Waals surface area contributed by atoms with Gasteiger partial charge in [-0.25, -0.2) is 9.71 Å². The Morgan fingerprint density at radius 3 is 2.88 bits per heavy atom. The molecule has 0 radical (unpaired) electrons. The fraction of sp³-hybridized carbons (Fsp3) is 0.353. The van der Waals surface area contributed by atoms with Gasteiger partial charge >= 0.3 is 0 Å². The maximum atomic E-state index is 12.5. The molecule has 1 heterocycles. The number of sulfonamides is 1. The van der Waals surface area contributed by atoms with E-state index in [1.165, 1.54) is 23.5 Å². The van der Waals surface area contributed by atoms with Crippen molar-refractivity contribution in [3.8, 4) is 0 Å². The monoisotopic (exact) mass is 343 g/mol. The van der Waals surface area contributed by atoms with Crippen LogP contribution in [0.5, 0.6) is 0 Å². The van der Waals surface area contributed by atoms with Gasteiger partial charge in [-0.3, -0.25) is 9.78 Å². The molecule has 1 spiro atoms. The zero-order valence-corrected chi connectivity index (χ0v) is 13.8. The van der Waals surface area contributed by atoms with E-state index in [0.717, 1.165) is 25.5 Å². The lowest BCUT2D eigenvalue weighted by atomic mass is 9.78. The number of rotatable bonds is 3. The van der Waals surface area contributed by atoms with Crippen LogP contribution in [-0.4, -0.2) is 24.3 Å². The lowest BCUT2D eigenvalue weighted by Crippen LogP contribution is -2.35. The van der Waals surface area contributed by atoms with E-state index >= 15 is 0 Å². The van der Waals surface area contributed by atoms with Crippen molar-refractivity contribution in [1.29, 1.82) is 0 Å². The second kappa shape index (κ2) is 5.37. The number of hydrogen-bond acceptors (Lipinski definition) is 5. The molecule has 0 bridgehead atoms. The first-order chi connectivity index (χ1) is 11.5. The highest BCUT2D eigenvalue weighted by Gasteiger charge is 2.60. The van der Waals surface area contributed by atoms with Crippen molar-refractivity contribution in [3.63, 3.8) is 0 Å². The Hall–Kier alpha value is -2.28. The molecule has 1 fully saturated rings. The smallest absolute Gasteiger partial charge is 0.274 e. The molecular weight excluding hydrogens is 326 g/mol. The van der Waals surface area contributed by atoms with Gasteiger partial charge in [0.25, 0.3) is 10.0 Å². The number of aromatic nitrogens is 2. The molecule has 1 saturated carbocycles. The molecule has 2 aliphatic rings. The average Bonchev–Trinajstić information content (AvgIpc) is 3.31. The number of carbonyl (C=O) groups is 1. The molecule has 1 amide bonds. The Morgan fingerprint density at radius 1 is 1.25 bits per heavy atom. The molecule has 24 heavy (non-hydrogen) atoms. The molecule has 4 rings (SSSR count). The number of amides is 1. The maximum Gasteiger partial charge on any atom is 0.283 e. The van der Waals surface area contributed by atoms with Crippen LogP contribution in [0.4, 0.5) is 0 Å². The molecule has 0 aliphatic heterocycles. The minimum Gasteiger partial charge on any atom is -0.274 e. The number of aryl methyl sites for hydroxylation is 1. The van der Waals surface area contributed by atoms with Crippen LogP contribution in [0.1, 0.15) is 30.4 Å². The summed E-state index contributed by atoms with van der Waals surface area (Å²) in [7, 11) is -3.97. The zero-order valence-electron chi connectivity index (χ0n) is 13.0. The highest BCUT2D eigenvalue weighted by atomic mass is 32.2. The topological polar surface area (TPSA) is 89.0 Å². The normalized spacial score (nSPS) is 25.1. The van der Waals surface area contributed by atoms with Gasteiger partial charge in [-0.1, -0.05) is 24.3 Å². The van der Waals surface area contributed by atoms with Crippen molar-refractivity contribution < 1.29 is 13.2 Å². The Bertz CT molecular complexity index is 898. The van der Waals surface area contributed by atoms with E-state index in [0.29, 0.717) is 6.42 Å². The highest BCUT2D eigenvalue weighted by molar-refractivity contribution is 7.90. The van der Waals surface area contributed by atoms with Gasteiger partial charge in [-0.2, -0.15) is 8.42 Å². The summed E-state index contributed by atoms with van der Waals surface area (Å²) < 4.78 is 26.7. The van der Waals surface area contributed by atoms with Crippen LogP contribution in [0.3, 0.4) is 0 Å². The van der Waals surface area contributed by atoms with E-state index in [9.17, 15) is 13.2 Å². The van der Waals surface area contributed by atoms with Crippen molar-refractivity contribution in [3.05, 3.63) is 54.0 Å². The third-order valence-corrected chi connectivity index (χ3v) is 6.30. The summed E-state index contributed by atoms with van der Waals surface area (Å²) >= 11 is 0. The summed E-state index contributed by atoms with van der Waals surface area (Å²) in [5, 5.41) is -0.239. The zero-order chi connectivity index (χ0) is 16.8. The van der Waals surface area contributed by atoms with Gasteiger partial charge in [0.15, 0.2) is 5.03 Å². The molecule has 2 aliphatic carbocycles. The van der Waals surface area contributed by atoms with Gasteiger partial charge in [-0.15, -0.1) is 0 Å². The van der Waals surface area contributed by atoms with Gasteiger partial charge in [0.2, 0.25) is 5.91 Å². The number of nitrogens with one attached hydrogen (secondary N) is 1. The van der Waals surface area contributed by atoms with Crippen LogP contribution in [0, 0.1) is 5.92 Å². The number of fused-ring (bicyclic) bond motifs is 2. The summed E-state index contributed by atoms with van der Waals surface area (Å²) in [4.78, 5) is 20.0. The van der Waals surface area contributed by atoms with E-state index in [-0.39, 0.29) is 16.4 Å². The van der Waals surface area contributed by atoms with Gasteiger partial charge in [0.05, 0.1) is 6.20 Å². The lowest BCUT2D eigenvalue weighted by Gasteiger charge is -2.26. The first kappa shape index (κ1) is 15.3. The standard InChI is InChI=1S/C17H17N3O3S/c21-16(20-24(22,23)15-11-18-8-9-19-15)14-10-17(14)7-3-5-12-4-1-2-6-13(12)17/h1-2,4,6,8-9,11,14H,3,5,7,10H2,(H,20,21)/t14-,17-/m1/s1. The van der Waals surface area contributed by atoms with Crippen LogP contribution >= 0.6 is 0 Å². The Kier molecular flexibility index (Phi) is 3.42. The summed E-state index contributed by atoms with van der Waals surface area (Å²) in [6.45, 7) is 0. The molecule has 6 nitrogen and oxygen atoms in total. The Balaban J connectivity index is 1.56. The van der Waals surface area contributed by atoms with E-state index in [1.54, 1.807) is 0 Å². The second-order valence-electron chi connectivity index (χ2n) is 6.44. The largest absolute Gasteiger partial charge is 0.283 e. The van der Waals surface area contributed by atoms with Crippen molar-refractivity contribution in [2.24, 2.45) is 5.92 Å². The SMILES string of the molecule is O=C(NS(=O)(=O)c1cnccn1)[C@H]1C[C@@]12CCCc1ccccc12. The summed E-state index contributed by atoms with van der Waals surface area (Å²) in [6.07, 6.45) is 7.47. The maximum absolute atomic E-state index is 12.5. The van der Waals surface area contributed by atoms with E-state index in [1.807, 2.05) is 12.1 Å². The minimum atomic E-state index is -3.97. The van der Waals surface area contributed by atoms with Gasteiger partial charge < -0.3 is 0 Å². The van der Waals surface area contributed by atoms with Crippen LogP contribution in [0.15, 0.2) is 47.9 Å². The molecule has 1 aromatic heterocycles. The molecule has 2 aromatic rings. The molecule has 2 atom stereocenters. The predicted octanol–water partition coefficient (Wildman–Crippen LogP) is 1.58. The third kappa shape index (κ3) is 2.39. The fourth-order valence-corrected chi connectivity index (χ4v) is 4.77. The summed E-state index contributed by atoms with van der Waals surface area (Å²) in [5.41, 5.74) is 2.28. The van der Waals surface area contributed by atoms with E-state index in [2.05, 4.69) is 26.8 Å². The quantitative estimate of drug-likeness (QED) is 0.914. The average molecular weight is 343 g/mol. The highest BCUT2D eigenvalue weighted by Crippen LogP contribution is 2.60. The minimum absolute atomic E-state index is 0.198. The number of benzene rings is 1. The van der Waals surface area contributed by atoms with Gasteiger partial charge in [0.1, 0.15) is 0 Å². The van der Waals surface area contributed by atoms with Crippen molar-refractivity contribution >= 4 is 15.9 Å². The fourth-order valence-electron chi connectivity index (χ4n) is 3.86.